The molecule has 108 valence electrons. The molecule has 0 heterocycles. The Kier molecular flexibility index (Phi) is 5.40. The summed E-state index contributed by atoms with van der Waals surface area (Å²) >= 11 is 3.62. The molecule has 0 fully saturated rings. The lowest BCUT2D eigenvalue weighted by atomic mass is 10.0. The summed E-state index contributed by atoms with van der Waals surface area (Å²) in [5.74, 6) is 0.877. The van der Waals surface area contributed by atoms with Crippen molar-refractivity contribution in [3.8, 4) is 5.75 Å². The first-order chi connectivity index (χ1) is 9.67. The molecule has 0 unspecified atom stereocenters. The minimum absolute atomic E-state index is 0.119. The highest BCUT2D eigenvalue weighted by molar-refractivity contribution is 9.09. The minimum atomic E-state index is -0.249. The molecule has 0 spiro atoms. The van der Waals surface area contributed by atoms with Crippen molar-refractivity contribution in [1.82, 2.24) is 0 Å². The van der Waals surface area contributed by atoms with Gasteiger partial charge in [-0.15, -0.1) is 0 Å². The van der Waals surface area contributed by atoms with Gasteiger partial charge in [-0.25, -0.2) is 0 Å². The molecule has 1 atom stereocenters. The minimum Gasteiger partial charge on any atom is -0.497 e. The summed E-state index contributed by atoms with van der Waals surface area (Å²) in [4.78, 5) is 0.119. The van der Waals surface area contributed by atoms with Crippen LogP contribution < -0.4 is 4.74 Å². The van der Waals surface area contributed by atoms with Gasteiger partial charge in [0.25, 0.3) is 0 Å². The van der Waals surface area contributed by atoms with Crippen LogP contribution in [0.25, 0.3) is 10.8 Å². The average Bonchev–Trinajstić information content (AvgIpc) is 2.48. The van der Waals surface area contributed by atoms with Crippen LogP contribution in [0.15, 0.2) is 36.4 Å². The molecule has 0 aromatic heterocycles. The van der Waals surface area contributed by atoms with Gasteiger partial charge in [0.1, 0.15) is 5.75 Å². The zero-order valence-corrected chi connectivity index (χ0v) is 13.5. The van der Waals surface area contributed by atoms with E-state index in [0.29, 0.717) is 0 Å². The van der Waals surface area contributed by atoms with Crippen LogP contribution in [0.4, 0.5) is 0 Å². The molecule has 4 heteroatoms. The molecule has 0 amide bonds. The number of rotatable bonds is 6. The van der Waals surface area contributed by atoms with Crippen molar-refractivity contribution in [2.75, 3.05) is 21.3 Å². The number of alkyl halides is 1. The predicted octanol–water partition coefficient (Wildman–Crippen LogP) is 3.77. The highest BCUT2D eigenvalue weighted by atomic mass is 79.9. The Hall–Kier alpha value is -1.10. The molecule has 2 aromatic rings. The summed E-state index contributed by atoms with van der Waals surface area (Å²) in [6, 6.07) is 12.5. The third-order valence-electron chi connectivity index (χ3n) is 3.30. The van der Waals surface area contributed by atoms with E-state index in [1.165, 1.54) is 16.3 Å². The van der Waals surface area contributed by atoms with Crippen molar-refractivity contribution in [2.45, 2.75) is 17.5 Å². The number of hydrogen-bond donors (Lipinski definition) is 0. The molecule has 3 nitrogen and oxygen atoms in total. The average molecular weight is 339 g/mol. The molecule has 20 heavy (non-hydrogen) atoms. The predicted molar refractivity (Wildman–Crippen MR) is 84.7 cm³/mol. The monoisotopic (exact) mass is 338 g/mol. The van der Waals surface area contributed by atoms with Gasteiger partial charge in [-0.1, -0.05) is 40.2 Å². The van der Waals surface area contributed by atoms with Crippen molar-refractivity contribution >= 4 is 26.7 Å². The summed E-state index contributed by atoms with van der Waals surface area (Å²) in [5.41, 5.74) is 1.24. The molecule has 0 radical (unpaired) electrons. The van der Waals surface area contributed by atoms with E-state index in [4.69, 9.17) is 14.2 Å². The summed E-state index contributed by atoms with van der Waals surface area (Å²) in [7, 11) is 4.98. The van der Waals surface area contributed by atoms with Gasteiger partial charge in [-0.05, 0) is 34.9 Å². The zero-order chi connectivity index (χ0) is 14.5. The van der Waals surface area contributed by atoms with Gasteiger partial charge in [0.2, 0.25) is 0 Å². The molecule has 0 aliphatic rings. The Morgan fingerprint density at radius 1 is 0.950 bits per heavy atom. The highest BCUT2D eigenvalue weighted by Crippen LogP contribution is 2.24. The lowest BCUT2D eigenvalue weighted by molar-refractivity contribution is -0.100. The number of methoxy groups -OCH3 is 3. The molecular weight excluding hydrogens is 320 g/mol. The van der Waals surface area contributed by atoms with Crippen LogP contribution in [0, 0.1) is 0 Å². The molecule has 0 N–H and O–H groups in total. The van der Waals surface area contributed by atoms with Crippen LogP contribution in [-0.2, 0) is 15.9 Å². The molecule has 0 aliphatic heterocycles. The Balaban J connectivity index is 2.19. The van der Waals surface area contributed by atoms with Crippen molar-refractivity contribution in [3.63, 3.8) is 0 Å². The number of benzene rings is 2. The maximum Gasteiger partial charge on any atom is 0.169 e. The van der Waals surface area contributed by atoms with E-state index in [-0.39, 0.29) is 11.1 Å². The molecule has 2 rings (SSSR count). The topological polar surface area (TPSA) is 27.7 Å². The van der Waals surface area contributed by atoms with E-state index in [1.54, 1.807) is 21.3 Å². The van der Waals surface area contributed by atoms with Crippen LogP contribution in [0.2, 0.25) is 0 Å². The highest BCUT2D eigenvalue weighted by Gasteiger charge is 2.18. The Morgan fingerprint density at radius 2 is 1.60 bits per heavy atom. The van der Waals surface area contributed by atoms with Crippen molar-refractivity contribution < 1.29 is 14.2 Å². The van der Waals surface area contributed by atoms with Crippen LogP contribution >= 0.6 is 15.9 Å². The lowest BCUT2D eigenvalue weighted by Gasteiger charge is -2.19. The normalized spacial score (nSPS) is 12.8. The van der Waals surface area contributed by atoms with Crippen molar-refractivity contribution in [3.05, 3.63) is 42.0 Å². The van der Waals surface area contributed by atoms with Crippen LogP contribution in [-0.4, -0.2) is 32.4 Å². The van der Waals surface area contributed by atoms with Gasteiger partial charge in [-0.3, -0.25) is 0 Å². The van der Waals surface area contributed by atoms with E-state index in [0.717, 1.165) is 12.2 Å². The van der Waals surface area contributed by atoms with Gasteiger partial charge in [0.15, 0.2) is 6.29 Å². The Labute approximate surface area is 128 Å². The lowest BCUT2D eigenvalue weighted by Crippen LogP contribution is -2.26. The standard InChI is InChI=1S/C16H19BrO3/c1-18-14-7-6-12-8-11(4-5-13(12)10-14)9-15(17)16(19-2)20-3/h4-8,10,15-16H,9H2,1-3H3/t15-/m0/s1. The van der Waals surface area contributed by atoms with E-state index < -0.39 is 0 Å². The second kappa shape index (κ2) is 7.07. The smallest absolute Gasteiger partial charge is 0.169 e. The van der Waals surface area contributed by atoms with E-state index in [9.17, 15) is 0 Å². The maximum atomic E-state index is 5.27. The summed E-state index contributed by atoms with van der Waals surface area (Å²) < 4.78 is 15.8. The van der Waals surface area contributed by atoms with Crippen LogP contribution in [0.5, 0.6) is 5.75 Å². The van der Waals surface area contributed by atoms with Gasteiger partial charge in [-0.2, -0.15) is 0 Å². The molecular formula is C16H19BrO3. The number of halogens is 1. The maximum absolute atomic E-state index is 5.27. The fraction of sp³-hybridized carbons (Fsp3) is 0.375. The van der Waals surface area contributed by atoms with Gasteiger partial charge in [0, 0.05) is 14.2 Å². The zero-order valence-electron chi connectivity index (χ0n) is 11.9. The number of hydrogen-bond acceptors (Lipinski definition) is 3. The SMILES string of the molecule is COc1ccc2cc(C[C@H](Br)C(OC)OC)ccc2c1. The third-order valence-corrected chi connectivity index (χ3v) is 4.06. The fourth-order valence-electron chi connectivity index (χ4n) is 2.24. The molecule has 0 saturated carbocycles. The van der Waals surface area contributed by atoms with E-state index in [1.807, 2.05) is 12.1 Å². The third kappa shape index (κ3) is 3.51. The second-order valence-corrected chi connectivity index (χ2v) is 5.78. The van der Waals surface area contributed by atoms with Crippen molar-refractivity contribution in [1.29, 1.82) is 0 Å². The first-order valence-electron chi connectivity index (χ1n) is 6.44. The Morgan fingerprint density at radius 3 is 2.25 bits per heavy atom. The van der Waals surface area contributed by atoms with Crippen molar-refractivity contribution in [2.24, 2.45) is 0 Å². The molecule has 0 saturated heterocycles. The van der Waals surface area contributed by atoms with E-state index >= 15 is 0 Å². The van der Waals surface area contributed by atoms with Gasteiger partial charge in [0.05, 0.1) is 11.9 Å². The summed E-state index contributed by atoms with van der Waals surface area (Å²) in [5, 5.41) is 2.38. The molecule has 2 aromatic carbocycles. The summed E-state index contributed by atoms with van der Waals surface area (Å²) in [6.07, 6.45) is 0.593. The first-order valence-corrected chi connectivity index (χ1v) is 7.36. The largest absolute Gasteiger partial charge is 0.497 e. The fourth-order valence-corrected chi connectivity index (χ4v) is 3.05. The van der Waals surface area contributed by atoms with Gasteiger partial charge < -0.3 is 14.2 Å². The number of ether oxygens (including phenoxy) is 3. The van der Waals surface area contributed by atoms with E-state index in [2.05, 4.69) is 40.2 Å². The quantitative estimate of drug-likeness (QED) is 0.592. The Bertz CT molecular complexity index is 567. The second-order valence-electron chi connectivity index (χ2n) is 4.61. The molecule has 0 aliphatic carbocycles. The van der Waals surface area contributed by atoms with Gasteiger partial charge >= 0.3 is 0 Å². The van der Waals surface area contributed by atoms with Crippen LogP contribution in [0.3, 0.4) is 0 Å². The van der Waals surface area contributed by atoms with Crippen LogP contribution in [0.1, 0.15) is 5.56 Å². The molecule has 0 bridgehead atoms. The number of fused-ring (bicyclic) bond motifs is 1. The summed E-state index contributed by atoms with van der Waals surface area (Å²) in [6.45, 7) is 0. The first kappa shape index (κ1) is 15.3.